The molecule has 0 spiro atoms. The molecule has 1 N–H and O–H groups in total. The first-order chi connectivity index (χ1) is 8.52. The predicted octanol–water partition coefficient (Wildman–Crippen LogP) is 2.04. The molecule has 3 nitrogen and oxygen atoms in total. The van der Waals surface area contributed by atoms with Crippen LogP contribution >= 0.6 is 0 Å². The van der Waals surface area contributed by atoms with Gasteiger partial charge in [-0.1, -0.05) is 6.92 Å². The smallest absolute Gasteiger partial charge is 0.00816 e. The molecule has 1 fully saturated rings. The summed E-state index contributed by atoms with van der Waals surface area (Å²) in [7, 11) is 4.38. The Morgan fingerprint density at radius 3 is 2.33 bits per heavy atom. The van der Waals surface area contributed by atoms with Crippen LogP contribution in [0.15, 0.2) is 0 Å². The molecule has 1 saturated heterocycles. The number of likely N-dealkylation sites (tertiary alicyclic amines) is 1. The van der Waals surface area contributed by atoms with Crippen molar-refractivity contribution in [2.24, 2.45) is 5.92 Å². The Morgan fingerprint density at radius 2 is 1.83 bits per heavy atom. The summed E-state index contributed by atoms with van der Waals surface area (Å²) in [5.74, 6) is 0.912. The van der Waals surface area contributed by atoms with Crippen molar-refractivity contribution in [1.82, 2.24) is 15.1 Å². The molecule has 0 aromatic carbocycles. The third kappa shape index (κ3) is 5.68. The summed E-state index contributed by atoms with van der Waals surface area (Å²) in [5.41, 5.74) is 0. The van der Waals surface area contributed by atoms with Crippen LogP contribution in [-0.2, 0) is 0 Å². The van der Waals surface area contributed by atoms with Gasteiger partial charge in [0.05, 0.1) is 0 Å². The maximum absolute atomic E-state index is 3.52. The zero-order valence-electron chi connectivity index (χ0n) is 13.1. The number of hydrogen-bond acceptors (Lipinski definition) is 3. The van der Waals surface area contributed by atoms with E-state index in [9.17, 15) is 0 Å². The summed E-state index contributed by atoms with van der Waals surface area (Å²) in [6.45, 7) is 11.8. The van der Waals surface area contributed by atoms with Crippen LogP contribution in [0.3, 0.4) is 0 Å². The van der Waals surface area contributed by atoms with E-state index >= 15 is 0 Å². The van der Waals surface area contributed by atoms with E-state index < -0.39 is 0 Å². The van der Waals surface area contributed by atoms with Crippen LogP contribution in [0.4, 0.5) is 0 Å². The Bertz CT molecular complexity index is 210. The Hall–Kier alpha value is -0.120. The third-order valence-electron chi connectivity index (χ3n) is 4.14. The SMILES string of the molecule is CCNC(C)CC(C)N1CCC(CN(C)C)CC1. The average Bonchev–Trinajstić information content (AvgIpc) is 2.29. The first kappa shape index (κ1) is 15.9. The van der Waals surface area contributed by atoms with Gasteiger partial charge in [-0.2, -0.15) is 0 Å². The van der Waals surface area contributed by atoms with Gasteiger partial charge < -0.3 is 15.1 Å². The Labute approximate surface area is 114 Å². The molecular formula is C15H33N3. The summed E-state index contributed by atoms with van der Waals surface area (Å²) in [6.07, 6.45) is 4.02. The summed E-state index contributed by atoms with van der Waals surface area (Å²) in [6, 6.07) is 1.36. The molecule has 0 aliphatic carbocycles. The minimum atomic E-state index is 0.643. The highest BCUT2D eigenvalue weighted by molar-refractivity contribution is 4.79. The van der Waals surface area contributed by atoms with Crippen molar-refractivity contribution < 1.29 is 0 Å². The van der Waals surface area contributed by atoms with Crippen LogP contribution in [0.2, 0.25) is 0 Å². The van der Waals surface area contributed by atoms with Crippen LogP contribution < -0.4 is 5.32 Å². The molecule has 0 saturated carbocycles. The van der Waals surface area contributed by atoms with Crippen molar-refractivity contribution in [1.29, 1.82) is 0 Å². The van der Waals surface area contributed by atoms with Gasteiger partial charge in [-0.3, -0.25) is 0 Å². The second-order valence-corrected chi connectivity index (χ2v) is 6.29. The molecule has 0 aromatic heterocycles. The standard InChI is InChI=1S/C15H33N3/c1-6-16-13(2)11-14(3)18-9-7-15(8-10-18)12-17(4)5/h13-16H,6-12H2,1-5H3. The van der Waals surface area contributed by atoms with Crippen molar-refractivity contribution in [3.05, 3.63) is 0 Å². The van der Waals surface area contributed by atoms with Crippen LogP contribution in [0.5, 0.6) is 0 Å². The summed E-state index contributed by atoms with van der Waals surface area (Å²) in [4.78, 5) is 5.01. The van der Waals surface area contributed by atoms with Crippen molar-refractivity contribution in [2.75, 3.05) is 40.3 Å². The van der Waals surface area contributed by atoms with Crippen LogP contribution in [0, 0.1) is 5.92 Å². The fourth-order valence-corrected chi connectivity index (χ4v) is 3.19. The van der Waals surface area contributed by atoms with E-state index in [2.05, 4.69) is 50.0 Å². The second-order valence-electron chi connectivity index (χ2n) is 6.29. The Kier molecular flexibility index (Phi) is 7.20. The number of nitrogens with zero attached hydrogens (tertiary/aromatic N) is 2. The second kappa shape index (κ2) is 8.13. The Balaban J connectivity index is 2.25. The number of hydrogen-bond donors (Lipinski definition) is 1. The molecule has 0 radical (unpaired) electrons. The highest BCUT2D eigenvalue weighted by Crippen LogP contribution is 2.20. The fourth-order valence-electron chi connectivity index (χ4n) is 3.19. The normalized spacial score (nSPS) is 22.3. The first-order valence-electron chi connectivity index (χ1n) is 7.65. The van der Waals surface area contributed by atoms with Gasteiger partial charge in [0.2, 0.25) is 0 Å². The first-order valence-corrected chi connectivity index (χ1v) is 7.65. The van der Waals surface area contributed by atoms with E-state index in [1.165, 1.54) is 38.9 Å². The van der Waals surface area contributed by atoms with Crippen molar-refractivity contribution in [2.45, 2.75) is 52.1 Å². The van der Waals surface area contributed by atoms with E-state index in [1.807, 2.05) is 0 Å². The zero-order valence-corrected chi connectivity index (χ0v) is 13.1. The van der Waals surface area contributed by atoms with Gasteiger partial charge in [-0.25, -0.2) is 0 Å². The minimum absolute atomic E-state index is 0.643. The van der Waals surface area contributed by atoms with Gasteiger partial charge in [0.15, 0.2) is 0 Å². The number of nitrogens with one attached hydrogen (secondary N) is 1. The molecule has 1 aliphatic heterocycles. The lowest BCUT2D eigenvalue weighted by Crippen LogP contribution is -2.44. The molecule has 2 unspecified atom stereocenters. The van der Waals surface area contributed by atoms with Gasteiger partial charge in [0.1, 0.15) is 0 Å². The minimum Gasteiger partial charge on any atom is -0.314 e. The molecule has 108 valence electrons. The molecule has 0 bridgehead atoms. The van der Waals surface area contributed by atoms with Gasteiger partial charge in [-0.05, 0) is 72.8 Å². The van der Waals surface area contributed by atoms with Gasteiger partial charge in [0.25, 0.3) is 0 Å². The lowest BCUT2D eigenvalue weighted by molar-refractivity contribution is 0.118. The van der Waals surface area contributed by atoms with E-state index in [-0.39, 0.29) is 0 Å². The number of piperidine rings is 1. The lowest BCUT2D eigenvalue weighted by Gasteiger charge is -2.37. The van der Waals surface area contributed by atoms with E-state index in [0.717, 1.165) is 18.5 Å². The molecule has 0 aromatic rings. The maximum Gasteiger partial charge on any atom is 0.00816 e. The summed E-state index contributed by atoms with van der Waals surface area (Å²) >= 11 is 0. The molecule has 0 amide bonds. The molecule has 2 atom stereocenters. The van der Waals surface area contributed by atoms with E-state index in [4.69, 9.17) is 0 Å². The van der Waals surface area contributed by atoms with Crippen molar-refractivity contribution in [3.8, 4) is 0 Å². The van der Waals surface area contributed by atoms with E-state index in [1.54, 1.807) is 0 Å². The van der Waals surface area contributed by atoms with Gasteiger partial charge in [-0.15, -0.1) is 0 Å². The average molecular weight is 255 g/mol. The largest absolute Gasteiger partial charge is 0.314 e. The quantitative estimate of drug-likeness (QED) is 0.751. The molecule has 1 rings (SSSR count). The lowest BCUT2D eigenvalue weighted by atomic mass is 9.94. The fraction of sp³-hybridized carbons (Fsp3) is 1.00. The molecule has 18 heavy (non-hydrogen) atoms. The highest BCUT2D eigenvalue weighted by Gasteiger charge is 2.23. The molecule has 1 aliphatic rings. The van der Waals surface area contributed by atoms with Crippen LogP contribution in [-0.4, -0.2) is 62.2 Å². The molecular weight excluding hydrogens is 222 g/mol. The molecule has 3 heteroatoms. The highest BCUT2D eigenvalue weighted by atomic mass is 15.2. The zero-order chi connectivity index (χ0) is 13.5. The summed E-state index contributed by atoms with van der Waals surface area (Å²) in [5, 5.41) is 3.52. The van der Waals surface area contributed by atoms with Gasteiger partial charge >= 0.3 is 0 Å². The number of rotatable bonds is 7. The predicted molar refractivity (Wildman–Crippen MR) is 80.1 cm³/mol. The van der Waals surface area contributed by atoms with E-state index in [0.29, 0.717) is 6.04 Å². The maximum atomic E-state index is 3.52. The third-order valence-corrected chi connectivity index (χ3v) is 4.14. The molecule has 1 heterocycles. The van der Waals surface area contributed by atoms with Crippen molar-refractivity contribution in [3.63, 3.8) is 0 Å². The monoisotopic (exact) mass is 255 g/mol. The Morgan fingerprint density at radius 1 is 1.22 bits per heavy atom. The van der Waals surface area contributed by atoms with Gasteiger partial charge in [0, 0.05) is 18.6 Å². The topological polar surface area (TPSA) is 18.5 Å². The van der Waals surface area contributed by atoms with Crippen LogP contribution in [0.1, 0.15) is 40.0 Å². The van der Waals surface area contributed by atoms with Crippen molar-refractivity contribution >= 4 is 0 Å². The summed E-state index contributed by atoms with van der Waals surface area (Å²) < 4.78 is 0. The van der Waals surface area contributed by atoms with Crippen LogP contribution in [0.25, 0.3) is 0 Å².